The lowest BCUT2D eigenvalue weighted by molar-refractivity contribution is -0.120. The molecule has 0 unspecified atom stereocenters. The Bertz CT molecular complexity index is 552. The van der Waals surface area contributed by atoms with Gasteiger partial charge in [-0.2, -0.15) is 0 Å². The minimum absolute atomic E-state index is 0.0770. The molecule has 0 spiro atoms. The number of hydrogen-bond acceptors (Lipinski definition) is 3. The van der Waals surface area contributed by atoms with Crippen LogP contribution in [0.3, 0.4) is 0 Å². The Labute approximate surface area is 112 Å². The maximum Gasteiger partial charge on any atom is 0.265 e. The van der Waals surface area contributed by atoms with Gasteiger partial charge in [-0.25, -0.2) is 13.1 Å². The number of carbonyl (C=O) groups excluding carboxylic acids is 1. The molecule has 1 aromatic rings. The summed E-state index contributed by atoms with van der Waals surface area (Å²) in [5.41, 5.74) is 0.854. The molecule has 4 nitrogen and oxygen atoms in total. The molecule has 0 aromatic heterocycles. The van der Waals surface area contributed by atoms with Gasteiger partial charge in [0.1, 0.15) is 4.90 Å². The van der Waals surface area contributed by atoms with E-state index >= 15 is 0 Å². The molecule has 6 heteroatoms. The van der Waals surface area contributed by atoms with E-state index in [1.165, 1.54) is 6.07 Å². The molecule has 1 N–H and O–H groups in total. The van der Waals surface area contributed by atoms with Crippen LogP contribution in [-0.4, -0.2) is 14.3 Å². The molecule has 0 bridgehead atoms. The third kappa shape index (κ3) is 3.99. The third-order valence-corrected chi connectivity index (χ3v) is 4.07. The summed E-state index contributed by atoms with van der Waals surface area (Å²) in [7, 11) is -3.88. The van der Waals surface area contributed by atoms with E-state index in [2.05, 4.69) is 0 Å². The van der Waals surface area contributed by atoms with Crippen LogP contribution in [-0.2, 0) is 14.8 Å². The molecule has 0 fully saturated rings. The maximum absolute atomic E-state index is 11.9. The average Bonchev–Trinajstić information content (AvgIpc) is 2.13. The van der Waals surface area contributed by atoms with Gasteiger partial charge >= 0.3 is 0 Å². The molecule has 1 amide bonds. The number of benzene rings is 1. The highest BCUT2D eigenvalue weighted by Gasteiger charge is 2.20. The number of sulfonamides is 1. The molecular formula is C12H16ClNO3S. The van der Waals surface area contributed by atoms with E-state index in [0.29, 0.717) is 0 Å². The molecule has 18 heavy (non-hydrogen) atoms. The van der Waals surface area contributed by atoms with Gasteiger partial charge in [-0.3, -0.25) is 4.79 Å². The second kappa shape index (κ2) is 5.71. The van der Waals surface area contributed by atoms with Crippen LogP contribution in [0.2, 0.25) is 5.02 Å². The quantitative estimate of drug-likeness (QED) is 0.926. The molecule has 0 aliphatic carbocycles. The number of nitrogens with one attached hydrogen (secondary N) is 1. The Kier molecular flexibility index (Phi) is 4.76. The smallest absolute Gasteiger partial charge is 0.265 e. The van der Waals surface area contributed by atoms with Gasteiger partial charge in [-0.1, -0.05) is 31.5 Å². The van der Waals surface area contributed by atoms with Crippen LogP contribution in [0.4, 0.5) is 0 Å². The van der Waals surface area contributed by atoms with Gasteiger partial charge in [0.2, 0.25) is 5.91 Å². The van der Waals surface area contributed by atoms with Crippen LogP contribution < -0.4 is 4.72 Å². The van der Waals surface area contributed by atoms with Crippen molar-refractivity contribution < 1.29 is 13.2 Å². The number of carbonyl (C=O) groups is 1. The highest BCUT2D eigenvalue weighted by Crippen LogP contribution is 2.22. The molecule has 0 aliphatic rings. The zero-order valence-electron chi connectivity index (χ0n) is 10.5. The van der Waals surface area contributed by atoms with Crippen LogP contribution in [0.1, 0.15) is 25.8 Å². The van der Waals surface area contributed by atoms with Crippen molar-refractivity contribution in [1.82, 2.24) is 4.72 Å². The molecule has 0 heterocycles. The summed E-state index contributed by atoms with van der Waals surface area (Å²) >= 11 is 5.87. The van der Waals surface area contributed by atoms with E-state index in [0.717, 1.165) is 5.56 Å². The Morgan fingerprint density at radius 3 is 2.50 bits per heavy atom. The minimum Gasteiger partial charge on any atom is -0.274 e. The van der Waals surface area contributed by atoms with Crippen LogP contribution in [0.25, 0.3) is 0 Å². The first kappa shape index (κ1) is 15.0. The zero-order chi connectivity index (χ0) is 13.9. The van der Waals surface area contributed by atoms with E-state index < -0.39 is 15.9 Å². The fourth-order valence-electron chi connectivity index (χ4n) is 1.44. The SMILES string of the molecule is Cc1ccc(S(=O)(=O)NC(=O)CC(C)C)c(Cl)c1. The molecule has 0 radical (unpaired) electrons. The maximum atomic E-state index is 11.9. The summed E-state index contributed by atoms with van der Waals surface area (Å²) in [6, 6.07) is 4.57. The normalized spacial score (nSPS) is 11.6. The predicted molar refractivity (Wildman–Crippen MR) is 71.0 cm³/mol. The lowest BCUT2D eigenvalue weighted by atomic mass is 10.1. The molecule has 0 atom stereocenters. The van der Waals surface area contributed by atoms with Crippen LogP contribution in [0.15, 0.2) is 23.1 Å². The first-order chi connectivity index (χ1) is 8.22. The van der Waals surface area contributed by atoms with Crippen molar-refractivity contribution in [1.29, 1.82) is 0 Å². The fraction of sp³-hybridized carbons (Fsp3) is 0.417. The highest BCUT2D eigenvalue weighted by molar-refractivity contribution is 7.90. The summed E-state index contributed by atoms with van der Waals surface area (Å²) in [5, 5.41) is 0.111. The Morgan fingerprint density at radius 1 is 1.39 bits per heavy atom. The predicted octanol–water partition coefficient (Wildman–Crippen LogP) is 2.50. The minimum atomic E-state index is -3.88. The van der Waals surface area contributed by atoms with Gasteiger partial charge in [-0.15, -0.1) is 0 Å². The summed E-state index contributed by atoms with van der Waals surface area (Å²) in [6.07, 6.45) is 0.155. The first-order valence-corrected chi connectivity index (χ1v) is 7.40. The summed E-state index contributed by atoms with van der Waals surface area (Å²) < 4.78 is 25.9. The molecule has 1 aromatic carbocycles. The van der Waals surface area contributed by atoms with Crippen molar-refractivity contribution in [3.63, 3.8) is 0 Å². The summed E-state index contributed by atoms with van der Waals surface area (Å²) in [6.45, 7) is 5.48. The van der Waals surface area contributed by atoms with Crippen LogP contribution >= 0.6 is 11.6 Å². The molecule has 100 valence electrons. The van der Waals surface area contributed by atoms with Gasteiger partial charge in [0.15, 0.2) is 0 Å². The van der Waals surface area contributed by atoms with Gasteiger partial charge in [0.05, 0.1) is 5.02 Å². The Hall–Kier alpha value is -1.07. The number of halogens is 1. The van der Waals surface area contributed by atoms with Crippen LogP contribution in [0, 0.1) is 12.8 Å². The van der Waals surface area contributed by atoms with Crippen molar-refractivity contribution in [3.05, 3.63) is 28.8 Å². The first-order valence-electron chi connectivity index (χ1n) is 5.54. The van der Waals surface area contributed by atoms with Gasteiger partial charge < -0.3 is 0 Å². The van der Waals surface area contributed by atoms with E-state index in [9.17, 15) is 13.2 Å². The molecule has 0 saturated heterocycles. The van der Waals surface area contributed by atoms with Gasteiger partial charge in [0.25, 0.3) is 10.0 Å². The molecular weight excluding hydrogens is 274 g/mol. The average molecular weight is 290 g/mol. The van der Waals surface area contributed by atoms with Crippen molar-refractivity contribution in [2.45, 2.75) is 32.1 Å². The summed E-state index contributed by atoms with van der Waals surface area (Å²) in [5.74, 6) is -0.435. The van der Waals surface area contributed by atoms with Crippen molar-refractivity contribution in [2.75, 3.05) is 0 Å². The second-order valence-electron chi connectivity index (χ2n) is 4.56. The second-order valence-corrected chi connectivity index (χ2v) is 6.62. The summed E-state index contributed by atoms with van der Waals surface area (Å²) in [4.78, 5) is 11.4. The number of aryl methyl sites for hydroxylation is 1. The number of amides is 1. The van der Waals surface area contributed by atoms with E-state index in [1.807, 2.05) is 18.6 Å². The molecule has 0 aliphatic heterocycles. The van der Waals surface area contributed by atoms with E-state index in [4.69, 9.17) is 11.6 Å². The van der Waals surface area contributed by atoms with Gasteiger partial charge in [0, 0.05) is 6.42 Å². The number of rotatable bonds is 4. The van der Waals surface area contributed by atoms with Crippen LogP contribution in [0.5, 0.6) is 0 Å². The zero-order valence-corrected chi connectivity index (χ0v) is 12.1. The third-order valence-electron chi connectivity index (χ3n) is 2.22. The largest absolute Gasteiger partial charge is 0.274 e. The molecule has 0 saturated carbocycles. The van der Waals surface area contributed by atoms with Gasteiger partial charge in [-0.05, 0) is 30.5 Å². The van der Waals surface area contributed by atoms with Crippen molar-refractivity contribution in [2.24, 2.45) is 5.92 Å². The lowest BCUT2D eigenvalue weighted by Crippen LogP contribution is -2.31. The van der Waals surface area contributed by atoms with Crippen molar-refractivity contribution >= 4 is 27.5 Å². The molecule has 1 rings (SSSR count). The fourth-order valence-corrected chi connectivity index (χ4v) is 3.04. The highest BCUT2D eigenvalue weighted by atomic mass is 35.5. The number of hydrogen-bond donors (Lipinski definition) is 1. The Morgan fingerprint density at radius 2 is 2.00 bits per heavy atom. The van der Waals surface area contributed by atoms with E-state index in [-0.39, 0.29) is 22.3 Å². The van der Waals surface area contributed by atoms with E-state index in [1.54, 1.807) is 19.1 Å². The van der Waals surface area contributed by atoms with Crippen molar-refractivity contribution in [3.8, 4) is 0 Å². The standard InChI is InChI=1S/C12H16ClNO3S/c1-8(2)6-12(15)14-18(16,17)11-5-4-9(3)7-10(11)13/h4-5,7-8H,6H2,1-3H3,(H,14,15). The monoisotopic (exact) mass is 289 g/mol. The lowest BCUT2D eigenvalue weighted by Gasteiger charge is -2.10. The topological polar surface area (TPSA) is 63.2 Å². The Balaban J connectivity index is 2.97.